The SMILES string of the molecule is CCOC(=O)c1c(OC)nn(C)c1-c1cccc([N+](=O)[O-])c1. The first-order valence-corrected chi connectivity index (χ1v) is 6.52. The summed E-state index contributed by atoms with van der Waals surface area (Å²) in [5, 5.41) is 15.0. The average molecular weight is 305 g/mol. The molecule has 0 saturated heterocycles. The number of hydrogen-bond acceptors (Lipinski definition) is 6. The summed E-state index contributed by atoms with van der Waals surface area (Å²) >= 11 is 0. The first-order chi connectivity index (χ1) is 10.5. The van der Waals surface area contributed by atoms with Crippen molar-refractivity contribution in [3.05, 3.63) is 39.9 Å². The fourth-order valence-corrected chi connectivity index (χ4v) is 2.13. The van der Waals surface area contributed by atoms with Crippen molar-refractivity contribution >= 4 is 11.7 Å². The zero-order valence-corrected chi connectivity index (χ0v) is 12.4. The maximum atomic E-state index is 12.2. The summed E-state index contributed by atoms with van der Waals surface area (Å²) in [6, 6.07) is 5.95. The Labute approximate surface area is 126 Å². The van der Waals surface area contributed by atoms with Gasteiger partial charge in [0.15, 0.2) is 0 Å². The number of esters is 1. The largest absolute Gasteiger partial charge is 0.479 e. The van der Waals surface area contributed by atoms with E-state index in [4.69, 9.17) is 9.47 Å². The highest BCUT2D eigenvalue weighted by Gasteiger charge is 2.26. The van der Waals surface area contributed by atoms with E-state index >= 15 is 0 Å². The van der Waals surface area contributed by atoms with E-state index in [9.17, 15) is 14.9 Å². The fourth-order valence-electron chi connectivity index (χ4n) is 2.13. The lowest BCUT2D eigenvalue weighted by atomic mass is 10.1. The maximum absolute atomic E-state index is 12.2. The Hall–Kier alpha value is -2.90. The number of rotatable bonds is 5. The molecule has 0 aliphatic rings. The topological polar surface area (TPSA) is 96.5 Å². The number of aryl methyl sites for hydroxylation is 1. The molecule has 0 aliphatic carbocycles. The number of carbonyl (C=O) groups is 1. The molecular formula is C14H15N3O5. The van der Waals surface area contributed by atoms with E-state index in [1.165, 1.54) is 23.9 Å². The van der Waals surface area contributed by atoms with Crippen LogP contribution in [-0.2, 0) is 11.8 Å². The van der Waals surface area contributed by atoms with Gasteiger partial charge in [0.25, 0.3) is 5.69 Å². The van der Waals surface area contributed by atoms with Crippen molar-refractivity contribution < 1.29 is 19.2 Å². The van der Waals surface area contributed by atoms with Crippen LogP contribution in [0.1, 0.15) is 17.3 Å². The van der Waals surface area contributed by atoms with Crippen molar-refractivity contribution in [1.82, 2.24) is 9.78 Å². The molecule has 0 aliphatic heterocycles. The molecule has 0 saturated carbocycles. The van der Waals surface area contributed by atoms with Crippen LogP contribution in [0.25, 0.3) is 11.3 Å². The van der Waals surface area contributed by atoms with Crippen molar-refractivity contribution in [2.75, 3.05) is 13.7 Å². The van der Waals surface area contributed by atoms with Crippen LogP contribution in [0.15, 0.2) is 24.3 Å². The van der Waals surface area contributed by atoms with Gasteiger partial charge in [0, 0.05) is 24.7 Å². The van der Waals surface area contributed by atoms with Crippen molar-refractivity contribution in [2.24, 2.45) is 7.05 Å². The summed E-state index contributed by atoms with van der Waals surface area (Å²) in [6.07, 6.45) is 0. The Morgan fingerprint density at radius 1 is 1.45 bits per heavy atom. The van der Waals surface area contributed by atoms with E-state index in [1.807, 2.05) is 0 Å². The van der Waals surface area contributed by atoms with Gasteiger partial charge in [-0.2, -0.15) is 0 Å². The first kappa shape index (κ1) is 15.5. The number of carbonyl (C=O) groups excluding carboxylic acids is 1. The molecule has 1 aromatic carbocycles. The van der Waals surface area contributed by atoms with Gasteiger partial charge in [-0.25, -0.2) is 4.79 Å². The monoisotopic (exact) mass is 305 g/mol. The van der Waals surface area contributed by atoms with Gasteiger partial charge in [-0.1, -0.05) is 12.1 Å². The van der Waals surface area contributed by atoms with Crippen LogP contribution in [0, 0.1) is 10.1 Å². The quantitative estimate of drug-likeness (QED) is 0.477. The van der Waals surface area contributed by atoms with Crippen molar-refractivity contribution in [2.45, 2.75) is 6.92 Å². The second-order valence-corrected chi connectivity index (χ2v) is 4.38. The highest BCUT2D eigenvalue weighted by molar-refractivity contribution is 5.99. The van der Waals surface area contributed by atoms with Gasteiger partial charge in [-0.15, -0.1) is 5.10 Å². The summed E-state index contributed by atoms with van der Waals surface area (Å²) in [5.74, 6) is -0.476. The van der Waals surface area contributed by atoms with Gasteiger partial charge in [-0.05, 0) is 6.92 Å². The average Bonchev–Trinajstić information content (AvgIpc) is 2.84. The van der Waals surface area contributed by atoms with Crippen molar-refractivity contribution in [3.8, 4) is 17.1 Å². The Kier molecular flexibility index (Phi) is 4.40. The van der Waals surface area contributed by atoms with E-state index in [-0.39, 0.29) is 23.7 Å². The fraction of sp³-hybridized carbons (Fsp3) is 0.286. The molecule has 8 heteroatoms. The number of aromatic nitrogens is 2. The number of hydrogen-bond donors (Lipinski definition) is 0. The number of nitro benzene ring substituents is 1. The van der Waals surface area contributed by atoms with E-state index in [2.05, 4.69) is 5.10 Å². The molecule has 2 aromatic rings. The molecule has 0 bridgehead atoms. The van der Waals surface area contributed by atoms with Crippen molar-refractivity contribution in [3.63, 3.8) is 0 Å². The van der Waals surface area contributed by atoms with E-state index in [1.54, 1.807) is 26.1 Å². The van der Waals surface area contributed by atoms with Gasteiger partial charge in [0.2, 0.25) is 5.88 Å². The molecule has 0 amide bonds. The van der Waals surface area contributed by atoms with Gasteiger partial charge in [0.05, 0.1) is 24.3 Å². The third-order valence-corrected chi connectivity index (χ3v) is 3.02. The lowest BCUT2D eigenvalue weighted by Crippen LogP contribution is -2.07. The molecule has 0 unspecified atom stereocenters. The molecular weight excluding hydrogens is 290 g/mol. The molecule has 1 aromatic heterocycles. The summed E-state index contributed by atoms with van der Waals surface area (Å²) in [4.78, 5) is 22.6. The zero-order chi connectivity index (χ0) is 16.3. The van der Waals surface area contributed by atoms with Gasteiger partial charge in [0.1, 0.15) is 5.56 Å². The Morgan fingerprint density at radius 2 is 2.18 bits per heavy atom. The number of non-ortho nitro benzene ring substituents is 1. The van der Waals surface area contributed by atoms with Gasteiger partial charge < -0.3 is 9.47 Å². The summed E-state index contributed by atoms with van der Waals surface area (Å²) in [6.45, 7) is 1.89. The highest BCUT2D eigenvalue weighted by atomic mass is 16.6. The molecule has 116 valence electrons. The van der Waals surface area contributed by atoms with Crippen LogP contribution in [0.3, 0.4) is 0 Å². The predicted molar refractivity (Wildman–Crippen MR) is 77.8 cm³/mol. The van der Waals surface area contributed by atoms with Crippen LogP contribution in [0.4, 0.5) is 5.69 Å². The second kappa shape index (κ2) is 6.25. The third kappa shape index (κ3) is 2.76. The Morgan fingerprint density at radius 3 is 2.77 bits per heavy atom. The minimum atomic E-state index is -0.589. The molecule has 0 atom stereocenters. The minimum Gasteiger partial charge on any atom is -0.479 e. The van der Waals surface area contributed by atoms with Gasteiger partial charge in [-0.3, -0.25) is 14.8 Å². The molecule has 1 heterocycles. The van der Waals surface area contributed by atoms with E-state index < -0.39 is 10.9 Å². The smallest absolute Gasteiger partial charge is 0.345 e. The Balaban J connectivity index is 2.64. The summed E-state index contributed by atoms with van der Waals surface area (Å²) in [5.41, 5.74) is 0.953. The highest BCUT2D eigenvalue weighted by Crippen LogP contribution is 2.32. The molecule has 0 radical (unpaired) electrons. The zero-order valence-electron chi connectivity index (χ0n) is 12.4. The van der Waals surface area contributed by atoms with E-state index in [0.717, 1.165) is 0 Å². The van der Waals surface area contributed by atoms with E-state index in [0.29, 0.717) is 11.3 Å². The number of benzene rings is 1. The summed E-state index contributed by atoms with van der Waals surface area (Å²) in [7, 11) is 3.02. The third-order valence-electron chi connectivity index (χ3n) is 3.02. The normalized spacial score (nSPS) is 10.3. The molecule has 22 heavy (non-hydrogen) atoms. The molecule has 2 rings (SSSR count). The molecule has 0 spiro atoms. The second-order valence-electron chi connectivity index (χ2n) is 4.38. The predicted octanol–water partition coefficient (Wildman–Crippen LogP) is 2.18. The molecule has 0 N–H and O–H groups in total. The van der Waals surface area contributed by atoms with Gasteiger partial charge >= 0.3 is 5.97 Å². The summed E-state index contributed by atoms with van der Waals surface area (Å²) < 4.78 is 11.6. The van der Waals surface area contributed by atoms with Crippen LogP contribution in [0.5, 0.6) is 5.88 Å². The minimum absolute atomic E-state index is 0.0764. The number of methoxy groups -OCH3 is 1. The van der Waals surface area contributed by atoms with Crippen LogP contribution in [-0.4, -0.2) is 34.4 Å². The number of ether oxygens (including phenoxy) is 2. The first-order valence-electron chi connectivity index (χ1n) is 6.52. The van der Waals surface area contributed by atoms with Crippen molar-refractivity contribution in [1.29, 1.82) is 0 Å². The number of nitro groups is 1. The standard InChI is InChI=1S/C14H15N3O5/c1-4-22-14(18)11-12(16(2)15-13(11)21-3)9-6-5-7-10(8-9)17(19)20/h5-8H,4H2,1-3H3. The van der Waals surface area contributed by atoms with Crippen LogP contribution < -0.4 is 4.74 Å². The van der Waals surface area contributed by atoms with Crippen LogP contribution >= 0.6 is 0 Å². The number of nitrogens with zero attached hydrogens (tertiary/aromatic N) is 3. The molecule has 0 fully saturated rings. The lowest BCUT2D eigenvalue weighted by Gasteiger charge is -2.06. The lowest BCUT2D eigenvalue weighted by molar-refractivity contribution is -0.384. The molecule has 8 nitrogen and oxygen atoms in total. The Bertz CT molecular complexity index is 723. The maximum Gasteiger partial charge on any atom is 0.345 e. The van der Waals surface area contributed by atoms with Crippen LogP contribution in [0.2, 0.25) is 0 Å².